The van der Waals surface area contributed by atoms with Gasteiger partial charge in [-0.2, -0.15) is 0 Å². The molecule has 2 rings (SSSR count). The topological polar surface area (TPSA) is 72.9 Å². The second-order valence-electron chi connectivity index (χ2n) is 10.5. The molecule has 1 aliphatic rings. The minimum absolute atomic E-state index is 0.0129. The highest BCUT2D eigenvalue weighted by molar-refractivity contribution is 7.93. The summed E-state index contributed by atoms with van der Waals surface area (Å²) in [6, 6.07) is 7.33. The molecular formula is C22H37NO5SSi. The summed E-state index contributed by atoms with van der Waals surface area (Å²) in [5.41, 5.74) is 0.863. The summed E-state index contributed by atoms with van der Waals surface area (Å²) in [6.07, 6.45) is 0. The van der Waals surface area contributed by atoms with Crippen molar-refractivity contribution in [1.29, 1.82) is 0 Å². The van der Waals surface area contributed by atoms with Crippen LogP contribution in [-0.4, -0.2) is 51.4 Å². The zero-order chi connectivity index (χ0) is 23.1. The van der Waals surface area contributed by atoms with Crippen LogP contribution in [0, 0.1) is 5.92 Å². The highest BCUT2D eigenvalue weighted by Crippen LogP contribution is 2.41. The lowest BCUT2D eigenvalue weighted by atomic mass is 9.98. The summed E-state index contributed by atoms with van der Waals surface area (Å²) in [4.78, 5) is 14.5. The van der Waals surface area contributed by atoms with Crippen molar-refractivity contribution in [2.75, 3.05) is 13.7 Å². The molecule has 0 bridgehead atoms. The summed E-state index contributed by atoms with van der Waals surface area (Å²) < 4.78 is 37.2. The Labute approximate surface area is 183 Å². The van der Waals surface area contributed by atoms with Crippen LogP contribution < -0.4 is 4.74 Å². The largest absolute Gasteiger partial charge is 0.497 e. The molecular weight excluding hydrogens is 418 g/mol. The van der Waals surface area contributed by atoms with Gasteiger partial charge >= 0.3 is 0 Å². The van der Waals surface area contributed by atoms with Gasteiger partial charge in [0, 0.05) is 13.2 Å². The van der Waals surface area contributed by atoms with E-state index in [-0.39, 0.29) is 24.1 Å². The van der Waals surface area contributed by atoms with E-state index in [1.807, 2.05) is 24.3 Å². The number of β-lactam (4-membered cyclic amide) rings is 1. The van der Waals surface area contributed by atoms with Crippen LogP contribution in [0.2, 0.25) is 18.1 Å². The molecule has 0 aliphatic carbocycles. The maximum absolute atomic E-state index is 13.4. The van der Waals surface area contributed by atoms with Gasteiger partial charge in [-0.15, -0.1) is 0 Å². The summed E-state index contributed by atoms with van der Waals surface area (Å²) in [6.45, 7) is 16.0. The van der Waals surface area contributed by atoms with Gasteiger partial charge in [-0.3, -0.25) is 4.79 Å². The highest BCUT2D eigenvalue weighted by atomic mass is 32.2. The predicted molar refractivity (Wildman–Crippen MR) is 123 cm³/mol. The number of methoxy groups -OCH3 is 1. The molecule has 1 fully saturated rings. The molecule has 0 saturated carbocycles. The molecule has 0 unspecified atom stereocenters. The highest BCUT2D eigenvalue weighted by Gasteiger charge is 2.57. The van der Waals surface area contributed by atoms with Crippen molar-refractivity contribution < 1.29 is 22.4 Å². The Morgan fingerprint density at radius 1 is 1.03 bits per heavy atom. The van der Waals surface area contributed by atoms with Crippen molar-refractivity contribution >= 4 is 24.1 Å². The Morgan fingerprint density at radius 2 is 1.57 bits per heavy atom. The number of hydrogen-bond acceptors (Lipinski definition) is 5. The minimum Gasteiger partial charge on any atom is -0.497 e. The van der Waals surface area contributed by atoms with Crippen molar-refractivity contribution in [2.45, 2.75) is 76.3 Å². The van der Waals surface area contributed by atoms with Gasteiger partial charge in [-0.05, 0) is 56.6 Å². The molecule has 0 radical (unpaired) electrons. The molecule has 0 N–H and O–H groups in total. The van der Waals surface area contributed by atoms with Gasteiger partial charge in [-0.1, -0.05) is 32.9 Å². The monoisotopic (exact) mass is 455 g/mol. The van der Waals surface area contributed by atoms with Gasteiger partial charge in [-0.25, -0.2) is 8.42 Å². The average molecular weight is 456 g/mol. The molecule has 1 saturated heterocycles. The Hall–Kier alpha value is -1.38. The number of carbonyl (C=O) groups excluding carboxylic acids is 1. The standard InChI is InChI=1S/C22H37NO5SSi/c1-21(2,3)29(25,26)20-18(15-28-30(8,9)22(4,5)6)19(24)23(20)14-16-10-12-17(27-7)13-11-16/h10-13,18,20H,14-15H2,1-9H3/t18-,20+/m0/s1. The van der Waals surface area contributed by atoms with E-state index >= 15 is 0 Å². The van der Waals surface area contributed by atoms with Crippen LogP contribution in [0.1, 0.15) is 47.1 Å². The lowest BCUT2D eigenvalue weighted by Gasteiger charge is -2.49. The summed E-state index contributed by atoms with van der Waals surface area (Å²) >= 11 is 0. The number of nitrogens with zero attached hydrogens (tertiary/aromatic N) is 1. The van der Waals surface area contributed by atoms with Crippen LogP contribution in [0.25, 0.3) is 0 Å². The van der Waals surface area contributed by atoms with Gasteiger partial charge in [0.1, 0.15) is 11.1 Å². The maximum atomic E-state index is 13.4. The fourth-order valence-corrected chi connectivity index (χ4v) is 6.00. The summed E-state index contributed by atoms with van der Waals surface area (Å²) in [7, 11) is -4.10. The molecule has 0 aromatic heterocycles. The number of benzene rings is 1. The SMILES string of the molecule is COc1ccc(CN2C(=O)[C@H](CO[Si](C)(C)C(C)(C)C)[C@H]2S(=O)(=O)C(C)(C)C)cc1. The summed E-state index contributed by atoms with van der Waals surface area (Å²) in [5.74, 6) is -0.114. The second kappa shape index (κ2) is 8.28. The maximum Gasteiger partial charge on any atom is 0.232 e. The number of rotatable bonds is 7. The lowest BCUT2D eigenvalue weighted by Crippen LogP contribution is -2.67. The van der Waals surface area contributed by atoms with Gasteiger partial charge in [0.25, 0.3) is 0 Å². The number of ether oxygens (including phenoxy) is 1. The van der Waals surface area contributed by atoms with Crippen LogP contribution >= 0.6 is 0 Å². The minimum atomic E-state index is -3.59. The Morgan fingerprint density at radius 3 is 2.00 bits per heavy atom. The first-order chi connectivity index (χ1) is 13.5. The zero-order valence-electron chi connectivity index (χ0n) is 19.8. The van der Waals surface area contributed by atoms with E-state index in [0.717, 1.165) is 5.56 Å². The molecule has 30 heavy (non-hydrogen) atoms. The smallest absolute Gasteiger partial charge is 0.232 e. The number of likely N-dealkylation sites (tertiary alicyclic amines) is 1. The summed E-state index contributed by atoms with van der Waals surface area (Å²) in [5, 5.41) is -0.891. The van der Waals surface area contributed by atoms with E-state index < -0.39 is 34.2 Å². The third-order valence-electron chi connectivity index (χ3n) is 6.37. The first kappa shape index (κ1) is 24.9. The van der Waals surface area contributed by atoms with Gasteiger partial charge < -0.3 is 14.1 Å². The molecule has 1 amide bonds. The zero-order valence-corrected chi connectivity index (χ0v) is 21.6. The van der Waals surface area contributed by atoms with Gasteiger partial charge in [0.05, 0.1) is 17.8 Å². The van der Waals surface area contributed by atoms with Crippen LogP contribution in [0.3, 0.4) is 0 Å². The van der Waals surface area contributed by atoms with E-state index in [9.17, 15) is 13.2 Å². The fraction of sp³-hybridized carbons (Fsp3) is 0.682. The number of hydrogen-bond donors (Lipinski definition) is 0. The van der Waals surface area contributed by atoms with Crippen molar-refractivity contribution in [3.05, 3.63) is 29.8 Å². The quantitative estimate of drug-likeness (QED) is 0.455. The average Bonchev–Trinajstić information content (AvgIpc) is 2.61. The first-order valence-electron chi connectivity index (χ1n) is 10.3. The molecule has 1 aliphatic heterocycles. The molecule has 8 heteroatoms. The number of sulfone groups is 1. The number of carbonyl (C=O) groups is 1. The van der Waals surface area contributed by atoms with Crippen molar-refractivity contribution in [3.8, 4) is 5.75 Å². The lowest BCUT2D eigenvalue weighted by molar-refractivity contribution is -0.154. The third kappa shape index (κ3) is 4.75. The number of amides is 1. The van der Waals surface area contributed by atoms with E-state index in [1.54, 1.807) is 27.9 Å². The van der Waals surface area contributed by atoms with Crippen LogP contribution in [0.4, 0.5) is 0 Å². The van der Waals surface area contributed by atoms with E-state index in [4.69, 9.17) is 9.16 Å². The third-order valence-corrected chi connectivity index (χ3v) is 13.8. The first-order valence-corrected chi connectivity index (χ1v) is 14.8. The molecule has 6 nitrogen and oxygen atoms in total. The van der Waals surface area contributed by atoms with Crippen LogP contribution in [0.5, 0.6) is 5.75 Å². The molecule has 170 valence electrons. The Kier molecular flexibility index (Phi) is 6.87. The molecule has 0 spiro atoms. The Balaban J connectivity index is 2.29. The molecule has 1 aromatic rings. The predicted octanol–water partition coefficient (Wildman–Crippen LogP) is 4.21. The van der Waals surface area contributed by atoms with E-state index in [2.05, 4.69) is 33.9 Å². The van der Waals surface area contributed by atoms with E-state index in [1.165, 1.54) is 4.90 Å². The molecule has 2 atom stereocenters. The van der Waals surface area contributed by atoms with Crippen molar-refractivity contribution in [2.24, 2.45) is 5.92 Å². The van der Waals surface area contributed by atoms with Crippen molar-refractivity contribution in [1.82, 2.24) is 4.90 Å². The van der Waals surface area contributed by atoms with Gasteiger partial charge in [0.15, 0.2) is 18.2 Å². The molecule has 1 heterocycles. The van der Waals surface area contributed by atoms with Crippen molar-refractivity contribution in [3.63, 3.8) is 0 Å². The fourth-order valence-electron chi connectivity index (χ4n) is 3.11. The normalized spacial score (nSPS) is 20.8. The second-order valence-corrected chi connectivity index (χ2v) is 18.1. The van der Waals surface area contributed by atoms with Gasteiger partial charge in [0.2, 0.25) is 5.91 Å². The van der Waals surface area contributed by atoms with E-state index in [0.29, 0.717) is 5.75 Å². The van der Waals surface area contributed by atoms with Crippen LogP contribution in [-0.2, 0) is 25.6 Å². The Bertz CT molecular complexity index is 866. The van der Waals surface area contributed by atoms with Crippen LogP contribution in [0.15, 0.2) is 24.3 Å². The molecule has 1 aromatic carbocycles.